The van der Waals surface area contributed by atoms with E-state index in [1.807, 2.05) is 11.5 Å². The summed E-state index contributed by atoms with van der Waals surface area (Å²) in [5.41, 5.74) is 2.57. The Labute approximate surface area is 188 Å². The zero-order chi connectivity index (χ0) is 24.3. The number of esters is 1. The Balaban J connectivity index is 1.67. The van der Waals surface area contributed by atoms with E-state index in [4.69, 9.17) is 4.74 Å². The summed E-state index contributed by atoms with van der Waals surface area (Å²) in [7, 11) is -4.77. The second kappa shape index (κ2) is 9.62. The van der Waals surface area contributed by atoms with E-state index in [-0.39, 0.29) is 11.4 Å². The third-order valence-corrected chi connectivity index (χ3v) is 6.51. The van der Waals surface area contributed by atoms with Crippen LogP contribution in [0.25, 0.3) is 0 Å². The normalized spacial score (nSPS) is 11.6. The number of sulfone groups is 1. The van der Waals surface area contributed by atoms with Crippen LogP contribution < -0.4 is 0 Å². The lowest BCUT2D eigenvalue weighted by atomic mass is 10.1. The molecular weight excluding hydrogens is 459 g/mol. The minimum atomic E-state index is -4.77. The Bertz CT molecular complexity index is 1280. The lowest BCUT2D eigenvalue weighted by Crippen LogP contribution is -2.16. The highest BCUT2D eigenvalue weighted by atomic mass is 32.2. The summed E-state index contributed by atoms with van der Waals surface area (Å²) in [4.78, 5) is 24.2. The number of rotatable bonds is 8. The van der Waals surface area contributed by atoms with Crippen molar-refractivity contribution in [2.45, 2.75) is 31.0 Å². The van der Waals surface area contributed by atoms with E-state index in [1.165, 1.54) is 12.1 Å². The molecule has 0 amide bonds. The van der Waals surface area contributed by atoms with Crippen molar-refractivity contribution < 1.29 is 35.9 Å². The van der Waals surface area contributed by atoms with E-state index in [1.54, 1.807) is 25.1 Å². The van der Waals surface area contributed by atoms with Gasteiger partial charge in [-0.25, -0.2) is 17.6 Å². The fraction of sp³-hybridized carbons (Fsp3) is 0.217. The van der Waals surface area contributed by atoms with E-state index >= 15 is 0 Å². The van der Waals surface area contributed by atoms with Crippen LogP contribution in [0.1, 0.15) is 37.7 Å². The monoisotopic (exact) mass is 479 g/mol. The minimum Gasteiger partial charge on any atom is -0.454 e. The molecule has 174 valence electrons. The topological polar surface area (TPSA) is 82.4 Å². The summed E-state index contributed by atoms with van der Waals surface area (Å²) >= 11 is 0. The van der Waals surface area contributed by atoms with Gasteiger partial charge in [0, 0.05) is 23.5 Å². The van der Waals surface area contributed by atoms with Gasteiger partial charge in [-0.15, -0.1) is 0 Å². The van der Waals surface area contributed by atoms with Crippen molar-refractivity contribution in [1.29, 1.82) is 0 Å². The largest absolute Gasteiger partial charge is 0.454 e. The predicted molar refractivity (Wildman–Crippen MR) is 114 cm³/mol. The number of nitrogens with zero attached hydrogens (tertiary/aromatic N) is 1. The van der Waals surface area contributed by atoms with Gasteiger partial charge in [0.1, 0.15) is 5.82 Å². The summed E-state index contributed by atoms with van der Waals surface area (Å²) in [6.07, 6.45) is 0. The highest BCUT2D eigenvalue weighted by Gasteiger charge is 2.26. The van der Waals surface area contributed by atoms with Crippen LogP contribution in [-0.2, 0) is 21.1 Å². The lowest BCUT2D eigenvalue weighted by Gasteiger charge is -2.10. The standard InChI is InChI=1S/C23H20F3NO5S/c1-14-11-20(15(2)27(14)12-16-3-7-18(24)8-4-16)21(28)13-32-22(29)17-5-9-19(10-6-17)33(30,31)23(25)26/h3-11,23H,12-13H2,1-2H3. The number of carbonyl (C=O) groups is 2. The number of Topliss-reactive ketones (excluding diaryl/α,β-unsaturated/α-hetero) is 1. The van der Waals surface area contributed by atoms with E-state index in [0.717, 1.165) is 35.5 Å². The second-order valence-electron chi connectivity index (χ2n) is 7.33. The summed E-state index contributed by atoms with van der Waals surface area (Å²) in [6.45, 7) is 3.43. The molecule has 33 heavy (non-hydrogen) atoms. The second-order valence-corrected chi connectivity index (χ2v) is 9.24. The first-order chi connectivity index (χ1) is 15.5. The quantitative estimate of drug-likeness (QED) is 0.355. The molecule has 6 nitrogen and oxygen atoms in total. The summed E-state index contributed by atoms with van der Waals surface area (Å²) < 4.78 is 68.1. The highest BCUT2D eigenvalue weighted by molar-refractivity contribution is 7.91. The molecule has 3 rings (SSSR count). The number of halogens is 3. The van der Waals surface area contributed by atoms with Crippen molar-refractivity contribution in [2.75, 3.05) is 6.61 Å². The Morgan fingerprint density at radius 3 is 2.18 bits per heavy atom. The predicted octanol–water partition coefficient (Wildman–Crippen LogP) is 4.33. The molecule has 10 heteroatoms. The first-order valence-corrected chi connectivity index (χ1v) is 11.3. The van der Waals surface area contributed by atoms with Gasteiger partial charge in [-0.05, 0) is 61.9 Å². The van der Waals surface area contributed by atoms with Gasteiger partial charge in [-0.3, -0.25) is 4.79 Å². The van der Waals surface area contributed by atoms with Gasteiger partial charge < -0.3 is 9.30 Å². The third-order valence-electron chi connectivity index (χ3n) is 5.12. The van der Waals surface area contributed by atoms with Crippen molar-refractivity contribution in [1.82, 2.24) is 4.57 Å². The molecule has 1 aromatic heterocycles. The Hall–Kier alpha value is -3.40. The van der Waals surface area contributed by atoms with Crippen LogP contribution >= 0.6 is 0 Å². The molecule has 1 heterocycles. The van der Waals surface area contributed by atoms with Crippen molar-refractivity contribution >= 4 is 21.6 Å². The van der Waals surface area contributed by atoms with Crippen molar-refractivity contribution in [2.24, 2.45) is 0 Å². The number of ketones is 1. The molecule has 0 bridgehead atoms. The van der Waals surface area contributed by atoms with Gasteiger partial charge >= 0.3 is 11.7 Å². The maximum Gasteiger partial charge on any atom is 0.341 e. The van der Waals surface area contributed by atoms with Crippen molar-refractivity contribution in [3.63, 3.8) is 0 Å². The maximum atomic E-state index is 13.1. The molecule has 0 spiro atoms. The molecule has 0 aliphatic carbocycles. The fourth-order valence-electron chi connectivity index (χ4n) is 3.27. The molecule has 0 saturated heterocycles. The van der Waals surface area contributed by atoms with Crippen LogP contribution in [0.4, 0.5) is 13.2 Å². The Morgan fingerprint density at radius 2 is 1.61 bits per heavy atom. The van der Waals surface area contributed by atoms with Gasteiger partial charge in [0.2, 0.25) is 15.6 Å². The van der Waals surface area contributed by atoms with Gasteiger partial charge in [-0.2, -0.15) is 8.78 Å². The number of carbonyl (C=O) groups excluding carboxylic acids is 2. The number of hydrogen-bond acceptors (Lipinski definition) is 5. The summed E-state index contributed by atoms with van der Waals surface area (Å²) in [5, 5.41) is 0. The smallest absolute Gasteiger partial charge is 0.341 e. The summed E-state index contributed by atoms with van der Waals surface area (Å²) in [5.74, 6) is -5.26. The highest BCUT2D eigenvalue weighted by Crippen LogP contribution is 2.20. The third kappa shape index (κ3) is 5.33. The number of aryl methyl sites for hydroxylation is 1. The molecular formula is C23H20F3NO5S. The zero-order valence-corrected chi connectivity index (χ0v) is 18.5. The van der Waals surface area contributed by atoms with Crippen LogP contribution in [0, 0.1) is 19.7 Å². The number of hydrogen-bond donors (Lipinski definition) is 0. The van der Waals surface area contributed by atoms with Crippen LogP contribution in [0.2, 0.25) is 0 Å². The molecule has 0 aliphatic rings. The number of benzene rings is 2. The molecule has 0 fully saturated rings. The average molecular weight is 479 g/mol. The van der Waals surface area contributed by atoms with Gasteiger partial charge in [0.15, 0.2) is 6.61 Å². The molecule has 0 unspecified atom stereocenters. The lowest BCUT2D eigenvalue weighted by molar-refractivity contribution is 0.0474. The molecule has 0 radical (unpaired) electrons. The number of ether oxygens (including phenoxy) is 1. The van der Waals surface area contributed by atoms with E-state index < -0.39 is 38.8 Å². The molecule has 0 N–H and O–H groups in total. The minimum absolute atomic E-state index is 0.0854. The molecule has 2 aromatic carbocycles. The van der Waals surface area contributed by atoms with Crippen LogP contribution in [0.15, 0.2) is 59.5 Å². The first kappa shape index (κ1) is 24.2. The zero-order valence-electron chi connectivity index (χ0n) is 17.7. The fourth-order valence-corrected chi connectivity index (χ4v) is 4.00. The van der Waals surface area contributed by atoms with Crippen LogP contribution in [-0.4, -0.2) is 37.1 Å². The van der Waals surface area contributed by atoms with Gasteiger partial charge in [-0.1, -0.05) is 12.1 Å². The van der Waals surface area contributed by atoms with Crippen LogP contribution in [0.5, 0.6) is 0 Å². The van der Waals surface area contributed by atoms with E-state index in [2.05, 4.69) is 0 Å². The Kier molecular flexibility index (Phi) is 7.06. The average Bonchev–Trinajstić information content (AvgIpc) is 3.07. The SMILES string of the molecule is Cc1cc(C(=O)COC(=O)c2ccc(S(=O)(=O)C(F)F)cc2)c(C)n1Cc1ccc(F)cc1. The van der Waals surface area contributed by atoms with Gasteiger partial charge in [0.25, 0.3) is 0 Å². The first-order valence-electron chi connectivity index (χ1n) is 9.74. The maximum absolute atomic E-state index is 13.1. The number of alkyl halides is 2. The van der Waals surface area contributed by atoms with Crippen molar-refractivity contribution in [3.8, 4) is 0 Å². The molecule has 3 aromatic rings. The van der Waals surface area contributed by atoms with Crippen LogP contribution in [0.3, 0.4) is 0 Å². The number of aromatic nitrogens is 1. The van der Waals surface area contributed by atoms with E-state index in [9.17, 15) is 31.2 Å². The Morgan fingerprint density at radius 1 is 1.00 bits per heavy atom. The van der Waals surface area contributed by atoms with Crippen molar-refractivity contribution in [3.05, 3.63) is 88.5 Å². The summed E-state index contributed by atoms with van der Waals surface area (Å²) in [6, 6.07) is 11.5. The molecule has 0 atom stereocenters. The van der Waals surface area contributed by atoms with E-state index in [0.29, 0.717) is 17.8 Å². The molecule has 0 aliphatic heterocycles. The van der Waals surface area contributed by atoms with Gasteiger partial charge in [0.05, 0.1) is 10.5 Å². The molecule has 0 saturated carbocycles.